The molecule has 5 heteroatoms. The normalized spacial score (nSPS) is 11.5. The summed E-state index contributed by atoms with van der Waals surface area (Å²) in [5.41, 5.74) is 8.95. The molecule has 0 spiro atoms. The zero-order valence-corrected chi connectivity index (χ0v) is 12.2. The maximum Gasteiger partial charge on any atom is 0.201 e. The van der Waals surface area contributed by atoms with Crippen LogP contribution in [0.25, 0.3) is 21.9 Å². The molecular formula is C16H20N4O. The van der Waals surface area contributed by atoms with Gasteiger partial charge >= 0.3 is 0 Å². The number of aromatic nitrogens is 3. The number of fused-ring (bicyclic) bond motifs is 3. The van der Waals surface area contributed by atoms with Crippen molar-refractivity contribution in [2.45, 2.75) is 26.3 Å². The lowest BCUT2D eigenvalue weighted by Crippen LogP contribution is -2.06. The van der Waals surface area contributed by atoms with Gasteiger partial charge in [-0.2, -0.15) is 0 Å². The zero-order valence-electron chi connectivity index (χ0n) is 12.2. The Kier molecular flexibility index (Phi) is 4.01. The van der Waals surface area contributed by atoms with Crippen LogP contribution in [0, 0.1) is 0 Å². The minimum atomic E-state index is 0.540. The van der Waals surface area contributed by atoms with E-state index in [9.17, 15) is 0 Å². The van der Waals surface area contributed by atoms with Crippen molar-refractivity contribution >= 4 is 27.9 Å². The highest BCUT2D eigenvalue weighted by Crippen LogP contribution is 2.25. The van der Waals surface area contributed by atoms with Gasteiger partial charge in [0.05, 0.1) is 17.2 Å². The average Bonchev–Trinajstić information content (AvgIpc) is 2.83. The second kappa shape index (κ2) is 6.10. The van der Waals surface area contributed by atoms with E-state index in [1.54, 1.807) is 6.20 Å². The SMILES string of the molecule is CCCOCCCn1c(N)nc2cnc3ccccc3c21. The Morgan fingerprint density at radius 2 is 2.05 bits per heavy atom. The summed E-state index contributed by atoms with van der Waals surface area (Å²) in [6, 6.07) is 8.08. The van der Waals surface area contributed by atoms with Crippen LogP contribution in [-0.4, -0.2) is 27.7 Å². The Morgan fingerprint density at radius 3 is 2.90 bits per heavy atom. The predicted molar refractivity (Wildman–Crippen MR) is 85.2 cm³/mol. The van der Waals surface area contributed by atoms with E-state index in [2.05, 4.69) is 27.5 Å². The molecule has 0 radical (unpaired) electrons. The van der Waals surface area contributed by atoms with Crippen molar-refractivity contribution in [1.29, 1.82) is 0 Å². The van der Waals surface area contributed by atoms with Crippen LogP contribution in [0.1, 0.15) is 19.8 Å². The highest BCUT2D eigenvalue weighted by molar-refractivity contribution is 6.02. The molecule has 5 nitrogen and oxygen atoms in total. The van der Waals surface area contributed by atoms with Gasteiger partial charge in [0.2, 0.25) is 5.95 Å². The number of pyridine rings is 1. The van der Waals surface area contributed by atoms with E-state index in [1.165, 1.54) is 0 Å². The minimum absolute atomic E-state index is 0.540. The lowest BCUT2D eigenvalue weighted by Gasteiger charge is -2.08. The monoisotopic (exact) mass is 284 g/mol. The summed E-state index contributed by atoms with van der Waals surface area (Å²) < 4.78 is 7.60. The predicted octanol–water partition coefficient (Wildman–Crippen LogP) is 2.98. The van der Waals surface area contributed by atoms with Gasteiger partial charge in [0.15, 0.2) is 0 Å². The highest BCUT2D eigenvalue weighted by Gasteiger charge is 2.11. The van der Waals surface area contributed by atoms with Crippen molar-refractivity contribution in [1.82, 2.24) is 14.5 Å². The van der Waals surface area contributed by atoms with Gasteiger partial charge in [0, 0.05) is 25.1 Å². The molecule has 0 saturated heterocycles. The maximum absolute atomic E-state index is 6.07. The van der Waals surface area contributed by atoms with Gasteiger partial charge in [-0.1, -0.05) is 25.1 Å². The standard InChI is InChI=1S/C16H20N4O/c1-2-9-21-10-5-8-20-15-12-6-3-4-7-13(12)18-11-14(15)19-16(20)17/h3-4,6-7,11H,2,5,8-10H2,1H3,(H2,17,19). The number of hydrogen-bond donors (Lipinski definition) is 1. The molecule has 0 saturated carbocycles. The first-order valence-electron chi connectivity index (χ1n) is 7.38. The number of para-hydroxylation sites is 1. The molecular weight excluding hydrogens is 264 g/mol. The molecule has 2 heterocycles. The molecule has 21 heavy (non-hydrogen) atoms. The second-order valence-corrected chi connectivity index (χ2v) is 5.10. The van der Waals surface area contributed by atoms with Crippen molar-refractivity contribution < 1.29 is 4.74 Å². The van der Waals surface area contributed by atoms with Crippen molar-refractivity contribution in [3.8, 4) is 0 Å². The van der Waals surface area contributed by atoms with Gasteiger partial charge in [-0.05, 0) is 18.9 Å². The first-order valence-corrected chi connectivity index (χ1v) is 7.38. The number of anilines is 1. The van der Waals surface area contributed by atoms with Gasteiger partial charge in [0.25, 0.3) is 0 Å². The molecule has 0 aliphatic carbocycles. The lowest BCUT2D eigenvalue weighted by atomic mass is 10.2. The molecule has 2 aromatic heterocycles. The van der Waals surface area contributed by atoms with Crippen molar-refractivity contribution in [2.75, 3.05) is 18.9 Å². The van der Waals surface area contributed by atoms with E-state index in [-0.39, 0.29) is 0 Å². The fourth-order valence-corrected chi connectivity index (χ4v) is 2.58. The van der Waals surface area contributed by atoms with Crippen molar-refractivity contribution in [2.24, 2.45) is 0 Å². The third-order valence-electron chi connectivity index (χ3n) is 3.53. The first-order chi connectivity index (χ1) is 10.3. The number of rotatable bonds is 6. The Balaban J connectivity index is 1.93. The van der Waals surface area contributed by atoms with Crippen molar-refractivity contribution in [3.05, 3.63) is 30.5 Å². The molecule has 1 aromatic carbocycles. The summed E-state index contributed by atoms with van der Waals surface area (Å²) in [5, 5.41) is 1.09. The Bertz CT molecular complexity index is 750. The number of nitrogen functional groups attached to an aromatic ring is 1. The van der Waals surface area contributed by atoms with E-state index in [0.29, 0.717) is 5.95 Å². The molecule has 0 unspecified atom stereocenters. The fourth-order valence-electron chi connectivity index (χ4n) is 2.58. The van der Waals surface area contributed by atoms with E-state index >= 15 is 0 Å². The Morgan fingerprint density at radius 1 is 1.19 bits per heavy atom. The quantitative estimate of drug-likeness (QED) is 0.707. The lowest BCUT2D eigenvalue weighted by molar-refractivity contribution is 0.129. The van der Waals surface area contributed by atoms with E-state index in [4.69, 9.17) is 10.5 Å². The molecule has 0 amide bonds. The van der Waals surface area contributed by atoms with Crippen LogP contribution >= 0.6 is 0 Å². The average molecular weight is 284 g/mol. The molecule has 0 aliphatic rings. The van der Waals surface area contributed by atoms with Crippen LogP contribution in [0.5, 0.6) is 0 Å². The van der Waals surface area contributed by atoms with Crippen LogP contribution < -0.4 is 5.73 Å². The van der Waals surface area contributed by atoms with E-state index in [0.717, 1.165) is 54.5 Å². The molecule has 0 fully saturated rings. The largest absolute Gasteiger partial charge is 0.381 e. The number of hydrogen-bond acceptors (Lipinski definition) is 4. The molecule has 110 valence electrons. The molecule has 0 bridgehead atoms. The van der Waals surface area contributed by atoms with Crippen LogP contribution in [0.3, 0.4) is 0 Å². The molecule has 3 rings (SSSR count). The molecule has 0 atom stereocenters. The number of imidazole rings is 1. The van der Waals surface area contributed by atoms with Gasteiger partial charge in [-0.15, -0.1) is 0 Å². The zero-order chi connectivity index (χ0) is 14.7. The Hall–Kier alpha value is -2.14. The topological polar surface area (TPSA) is 66.0 Å². The number of nitrogens with zero attached hydrogens (tertiary/aromatic N) is 3. The maximum atomic E-state index is 6.07. The number of ether oxygens (including phenoxy) is 1. The summed E-state index contributed by atoms with van der Waals surface area (Å²) in [7, 11) is 0. The molecule has 2 N–H and O–H groups in total. The van der Waals surface area contributed by atoms with E-state index in [1.807, 2.05) is 18.2 Å². The van der Waals surface area contributed by atoms with Crippen LogP contribution in [-0.2, 0) is 11.3 Å². The summed E-state index contributed by atoms with van der Waals surface area (Å²) in [6.07, 6.45) is 3.76. The number of benzene rings is 1. The fraction of sp³-hybridized carbons (Fsp3) is 0.375. The highest BCUT2D eigenvalue weighted by atomic mass is 16.5. The minimum Gasteiger partial charge on any atom is -0.381 e. The number of nitrogens with two attached hydrogens (primary N) is 1. The van der Waals surface area contributed by atoms with Crippen LogP contribution in [0.2, 0.25) is 0 Å². The first kappa shape index (κ1) is 13.8. The van der Waals surface area contributed by atoms with Gasteiger partial charge in [0.1, 0.15) is 5.52 Å². The Labute approximate surface area is 123 Å². The third-order valence-corrected chi connectivity index (χ3v) is 3.53. The van der Waals surface area contributed by atoms with Gasteiger partial charge in [-0.3, -0.25) is 4.98 Å². The second-order valence-electron chi connectivity index (χ2n) is 5.10. The van der Waals surface area contributed by atoms with Crippen LogP contribution in [0.15, 0.2) is 30.5 Å². The summed E-state index contributed by atoms with van der Waals surface area (Å²) in [6.45, 7) is 4.48. The molecule has 3 aromatic rings. The number of aryl methyl sites for hydroxylation is 1. The summed E-state index contributed by atoms with van der Waals surface area (Å²) >= 11 is 0. The summed E-state index contributed by atoms with van der Waals surface area (Å²) in [4.78, 5) is 8.84. The summed E-state index contributed by atoms with van der Waals surface area (Å²) in [5.74, 6) is 0.540. The van der Waals surface area contributed by atoms with E-state index < -0.39 is 0 Å². The smallest absolute Gasteiger partial charge is 0.201 e. The molecule has 0 aliphatic heterocycles. The third kappa shape index (κ3) is 2.69. The van der Waals surface area contributed by atoms with Gasteiger partial charge < -0.3 is 15.0 Å². The van der Waals surface area contributed by atoms with Crippen LogP contribution in [0.4, 0.5) is 5.95 Å². The van der Waals surface area contributed by atoms with Gasteiger partial charge in [-0.25, -0.2) is 4.98 Å². The van der Waals surface area contributed by atoms with Crippen molar-refractivity contribution in [3.63, 3.8) is 0 Å².